The highest BCUT2D eigenvalue weighted by Crippen LogP contribution is 2.38. The molecule has 0 spiro atoms. The zero-order chi connectivity index (χ0) is 9.71. The Bertz CT molecular complexity index is 428. The molecule has 0 aromatic heterocycles. The zero-order valence-corrected chi connectivity index (χ0v) is 8.47. The second kappa shape index (κ2) is 2.74. The molecular formula is C11H10ClNO. The summed E-state index contributed by atoms with van der Waals surface area (Å²) in [6.45, 7) is 0.875. The van der Waals surface area contributed by atoms with Gasteiger partial charge in [0.25, 0.3) is 0 Å². The smallest absolute Gasteiger partial charge is 0.231 e. The highest BCUT2D eigenvalue weighted by Gasteiger charge is 2.31. The first kappa shape index (κ1) is 8.30. The summed E-state index contributed by atoms with van der Waals surface area (Å²) in [5.41, 5.74) is 3.49. The molecule has 72 valence electrons. The van der Waals surface area contributed by atoms with Crippen LogP contribution in [0.1, 0.15) is 17.5 Å². The van der Waals surface area contributed by atoms with Gasteiger partial charge in [0, 0.05) is 11.6 Å². The number of halogens is 1. The molecule has 0 N–H and O–H groups in total. The van der Waals surface area contributed by atoms with Crippen LogP contribution in [0.2, 0.25) is 5.02 Å². The lowest BCUT2D eigenvalue weighted by Crippen LogP contribution is -2.31. The summed E-state index contributed by atoms with van der Waals surface area (Å²) in [5.74, 6) is 0.225. The number of amides is 1. The van der Waals surface area contributed by atoms with Gasteiger partial charge in [0.15, 0.2) is 0 Å². The molecule has 3 rings (SSSR count). The first-order valence-corrected chi connectivity index (χ1v) is 5.25. The molecule has 0 atom stereocenters. The number of carbonyl (C=O) groups excluding carboxylic acids is 1. The van der Waals surface area contributed by atoms with E-state index >= 15 is 0 Å². The third-order valence-corrected chi connectivity index (χ3v) is 3.19. The fourth-order valence-electron chi connectivity index (χ4n) is 2.44. The van der Waals surface area contributed by atoms with Gasteiger partial charge in [-0.15, -0.1) is 0 Å². The van der Waals surface area contributed by atoms with Gasteiger partial charge in [0.2, 0.25) is 5.91 Å². The van der Waals surface area contributed by atoms with E-state index < -0.39 is 0 Å². The molecule has 0 saturated heterocycles. The maximum absolute atomic E-state index is 11.6. The first-order chi connectivity index (χ1) is 6.75. The third kappa shape index (κ3) is 1.01. The molecule has 0 saturated carbocycles. The summed E-state index contributed by atoms with van der Waals surface area (Å²) in [7, 11) is 0. The van der Waals surface area contributed by atoms with E-state index in [4.69, 9.17) is 11.6 Å². The number of benzene rings is 1. The number of nitrogens with zero attached hydrogens (tertiary/aromatic N) is 1. The van der Waals surface area contributed by atoms with E-state index in [1.54, 1.807) is 0 Å². The van der Waals surface area contributed by atoms with Crippen LogP contribution in [-0.2, 0) is 17.6 Å². The molecule has 0 bridgehead atoms. The summed E-state index contributed by atoms with van der Waals surface area (Å²) in [6, 6.07) is 3.91. The fourth-order valence-corrected chi connectivity index (χ4v) is 2.70. The first-order valence-electron chi connectivity index (χ1n) is 4.87. The van der Waals surface area contributed by atoms with Crippen LogP contribution in [0.3, 0.4) is 0 Å². The second-order valence-corrected chi connectivity index (χ2v) is 4.33. The minimum absolute atomic E-state index is 0.225. The van der Waals surface area contributed by atoms with Crippen LogP contribution < -0.4 is 4.90 Å². The Kier molecular flexibility index (Phi) is 1.62. The molecule has 14 heavy (non-hydrogen) atoms. The third-order valence-electron chi connectivity index (χ3n) is 2.97. The van der Waals surface area contributed by atoms with Crippen molar-refractivity contribution in [1.82, 2.24) is 0 Å². The largest absolute Gasteiger partial charge is 0.312 e. The van der Waals surface area contributed by atoms with Crippen molar-refractivity contribution in [2.24, 2.45) is 0 Å². The van der Waals surface area contributed by atoms with Crippen LogP contribution in [0.25, 0.3) is 0 Å². The standard InChI is InChI=1S/C11H10ClNO/c12-9-4-7-2-1-3-13-10(14)6-8(5-9)11(7)13/h4-5H,1-3,6H2. The summed E-state index contributed by atoms with van der Waals surface area (Å²) in [6.07, 6.45) is 2.63. The SMILES string of the molecule is O=C1Cc2cc(Cl)cc3c2N1CCC3. The van der Waals surface area contributed by atoms with E-state index in [1.165, 1.54) is 5.56 Å². The number of anilines is 1. The summed E-state index contributed by atoms with van der Waals surface area (Å²) < 4.78 is 0. The van der Waals surface area contributed by atoms with Gasteiger partial charge < -0.3 is 4.90 Å². The van der Waals surface area contributed by atoms with E-state index in [0.717, 1.165) is 35.7 Å². The molecule has 1 aromatic rings. The molecule has 2 heterocycles. The van der Waals surface area contributed by atoms with E-state index in [2.05, 4.69) is 0 Å². The minimum atomic E-state index is 0.225. The normalized spacial score (nSPS) is 18.6. The van der Waals surface area contributed by atoms with Crippen molar-refractivity contribution in [3.63, 3.8) is 0 Å². The van der Waals surface area contributed by atoms with E-state index in [1.807, 2.05) is 17.0 Å². The average Bonchev–Trinajstić information content (AvgIpc) is 2.45. The number of hydrogen-bond acceptors (Lipinski definition) is 1. The van der Waals surface area contributed by atoms with Crippen molar-refractivity contribution in [1.29, 1.82) is 0 Å². The maximum atomic E-state index is 11.6. The Morgan fingerprint density at radius 2 is 2.07 bits per heavy atom. The van der Waals surface area contributed by atoms with E-state index in [0.29, 0.717) is 6.42 Å². The maximum Gasteiger partial charge on any atom is 0.231 e. The molecule has 0 aliphatic carbocycles. The predicted molar refractivity (Wildman–Crippen MR) is 55.8 cm³/mol. The van der Waals surface area contributed by atoms with Crippen LogP contribution in [0, 0.1) is 0 Å². The zero-order valence-electron chi connectivity index (χ0n) is 7.72. The van der Waals surface area contributed by atoms with Gasteiger partial charge in [-0.3, -0.25) is 4.79 Å². The van der Waals surface area contributed by atoms with E-state index in [-0.39, 0.29) is 5.91 Å². The van der Waals surface area contributed by atoms with Crippen LogP contribution in [-0.4, -0.2) is 12.5 Å². The van der Waals surface area contributed by atoms with Crippen LogP contribution in [0.15, 0.2) is 12.1 Å². The Morgan fingerprint density at radius 1 is 1.29 bits per heavy atom. The molecule has 2 nitrogen and oxygen atoms in total. The van der Waals surface area contributed by atoms with Gasteiger partial charge in [-0.2, -0.15) is 0 Å². The Morgan fingerprint density at radius 3 is 2.93 bits per heavy atom. The average molecular weight is 208 g/mol. The number of rotatable bonds is 0. The van der Waals surface area contributed by atoms with Crippen molar-refractivity contribution < 1.29 is 4.79 Å². The lowest BCUT2D eigenvalue weighted by Gasteiger charge is -2.25. The van der Waals surface area contributed by atoms with Gasteiger partial charge in [-0.25, -0.2) is 0 Å². The lowest BCUT2D eigenvalue weighted by molar-refractivity contribution is -0.117. The van der Waals surface area contributed by atoms with Crippen molar-refractivity contribution in [2.75, 3.05) is 11.4 Å². The monoisotopic (exact) mass is 207 g/mol. The summed E-state index contributed by atoms with van der Waals surface area (Å²) in [4.78, 5) is 13.5. The fraction of sp³-hybridized carbons (Fsp3) is 0.364. The molecule has 0 unspecified atom stereocenters. The molecular weight excluding hydrogens is 198 g/mol. The highest BCUT2D eigenvalue weighted by molar-refractivity contribution is 6.31. The van der Waals surface area contributed by atoms with Gasteiger partial charge in [-0.1, -0.05) is 11.6 Å². The summed E-state index contributed by atoms with van der Waals surface area (Å²) >= 11 is 6.00. The minimum Gasteiger partial charge on any atom is -0.312 e. The van der Waals surface area contributed by atoms with Crippen molar-refractivity contribution in [3.05, 3.63) is 28.3 Å². The molecule has 3 heteroatoms. The predicted octanol–water partition coefficient (Wildman–Crippen LogP) is 2.18. The highest BCUT2D eigenvalue weighted by atomic mass is 35.5. The number of carbonyl (C=O) groups is 1. The number of hydrogen-bond donors (Lipinski definition) is 0. The van der Waals surface area contributed by atoms with E-state index in [9.17, 15) is 4.79 Å². The second-order valence-electron chi connectivity index (χ2n) is 3.90. The molecule has 2 aliphatic heterocycles. The van der Waals surface area contributed by atoms with Crippen molar-refractivity contribution >= 4 is 23.2 Å². The van der Waals surface area contributed by atoms with Crippen molar-refractivity contribution in [2.45, 2.75) is 19.3 Å². The van der Waals surface area contributed by atoms with Crippen LogP contribution >= 0.6 is 11.6 Å². The lowest BCUT2D eigenvalue weighted by atomic mass is 10.0. The van der Waals surface area contributed by atoms with Crippen LogP contribution in [0.4, 0.5) is 5.69 Å². The topological polar surface area (TPSA) is 20.3 Å². The van der Waals surface area contributed by atoms with Crippen LogP contribution in [0.5, 0.6) is 0 Å². The summed E-state index contributed by atoms with van der Waals surface area (Å²) in [5, 5.41) is 0.760. The molecule has 2 aliphatic rings. The van der Waals surface area contributed by atoms with Gasteiger partial charge in [-0.05, 0) is 36.1 Å². The molecule has 1 aromatic carbocycles. The van der Waals surface area contributed by atoms with Crippen molar-refractivity contribution in [3.8, 4) is 0 Å². The quantitative estimate of drug-likeness (QED) is 0.639. The molecule has 0 radical (unpaired) electrons. The Labute approximate surface area is 87.5 Å². The Balaban J connectivity index is 2.26. The van der Waals surface area contributed by atoms with Gasteiger partial charge in [0.05, 0.1) is 12.1 Å². The molecule has 0 fully saturated rings. The number of aryl methyl sites for hydroxylation is 1. The molecule has 1 amide bonds. The Hall–Kier alpha value is -1.02. The van der Waals surface area contributed by atoms with Gasteiger partial charge >= 0.3 is 0 Å². The van der Waals surface area contributed by atoms with Gasteiger partial charge in [0.1, 0.15) is 0 Å².